The predicted molar refractivity (Wildman–Crippen MR) is 46.3 cm³/mol. The highest BCUT2D eigenvalue weighted by molar-refractivity contribution is 5.76. The van der Waals surface area contributed by atoms with Crippen LogP contribution >= 0.6 is 0 Å². The third-order valence-corrected chi connectivity index (χ3v) is 3.95. The smallest absolute Gasteiger partial charge is 0.309 e. The number of carboxylic acid groups (broad SMARTS) is 1. The minimum absolute atomic E-state index is 0.0557. The lowest BCUT2D eigenvalue weighted by atomic mass is 9.80. The first-order chi connectivity index (χ1) is 6.13. The number of hydrogen-bond acceptors (Lipinski definition) is 2. The normalized spacial score (nSPS) is 42.2. The molecular formula is C10H14O3. The van der Waals surface area contributed by atoms with Gasteiger partial charge in [0.25, 0.3) is 0 Å². The minimum atomic E-state index is -0.655. The first kappa shape index (κ1) is 8.73. The van der Waals surface area contributed by atoms with Crippen LogP contribution in [-0.4, -0.2) is 17.4 Å². The van der Waals surface area contributed by atoms with E-state index in [4.69, 9.17) is 5.11 Å². The van der Waals surface area contributed by atoms with E-state index in [1.54, 1.807) is 0 Å². The molecule has 0 amide bonds. The van der Waals surface area contributed by atoms with Crippen molar-refractivity contribution in [3.05, 3.63) is 0 Å². The zero-order valence-electron chi connectivity index (χ0n) is 7.58. The highest BCUT2D eigenvalue weighted by Gasteiger charge is 2.57. The molecule has 0 saturated heterocycles. The number of carboxylic acids is 1. The van der Waals surface area contributed by atoms with Crippen molar-refractivity contribution in [2.75, 3.05) is 0 Å². The molecule has 2 rings (SSSR count). The van der Waals surface area contributed by atoms with Crippen molar-refractivity contribution in [2.45, 2.75) is 38.5 Å². The lowest BCUT2D eigenvalue weighted by molar-refractivity contribution is -0.148. The minimum Gasteiger partial charge on any atom is -0.481 e. The lowest BCUT2D eigenvalue weighted by Gasteiger charge is -2.23. The summed E-state index contributed by atoms with van der Waals surface area (Å²) in [7, 11) is 0. The van der Waals surface area contributed by atoms with Gasteiger partial charge in [0.1, 0.15) is 6.29 Å². The second-order valence-electron chi connectivity index (χ2n) is 4.63. The summed E-state index contributed by atoms with van der Waals surface area (Å²) in [5.41, 5.74) is -0.414. The highest BCUT2D eigenvalue weighted by Crippen LogP contribution is 2.62. The Hall–Kier alpha value is -0.860. The van der Waals surface area contributed by atoms with Gasteiger partial charge in [-0.15, -0.1) is 0 Å². The molecule has 72 valence electrons. The lowest BCUT2D eigenvalue weighted by Crippen LogP contribution is -2.25. The fraction of sp³-hybridized carbons (Fsp3) is 0.800. The van der Waals surface area contributed by atoms with Gasteiger partial charge in [-0.25, -0.2) is 0 Å². The molecule has 0 aromatic rings. The van der Waals surface area contributed by atoms with E-state index in [-0.39, 0.29) is 5.41 Å². The molecule has 3 nitrogen and oxygen atoms in total. The van der Waals surface area contributed by atoms with Crippen LogP contribution in [0.1, 0.15) is 38.5 Å². The van der Waals surface area contributed by atoms with Gasteiger partial charge in [0.15, 0.2) is 0 Å². The molecule has 1 N–H and O–H groups in total. The molecule has 2 aliphatic rings. The maximum atomic E-state index is 11.0. The van der Waals surface area contributed by atoms with E-state index >= 15 is 0 Å². The first-order valence-corrected chi connectivity index (χ1v) is 4.80. The number of hydrogen-bond donors (Lipinski definition) is 1. The molecule has 2 fully saturated rings. The van der Waals surface area contributed by atoms with Crippen LogP contribution < -0.4 is 0 Å². The number of aliphatic carboxylic acids is 1. The average molecular weight is 182 g/mol. The van der Waals surface area contributed by atoms with Crippen molar-refractivity contribution < 1.29 is 14.7 Å². The summed E-state index contributed by atoms with van der Waals surface area (Å²) in [6.45, 7) is 0. The van der Waals surface area contributed by atoms with Gasteiger partial charge >= 0.3 is 5.97 Å². The van der Waals surface area contributed by atoms with Crippen LogP contribution in [0.3, 0.4) is 0 Å². The van der Waals surface area contributed by atoms with Gasteiger partial charge in [-0.1, -0.05) is 0 Å². The van der Waals surface area contributed by atoms with E-state index in [2.05, 4.69) is 0 Å². The van der Waals surface area contributed by atoms with Gasteiger partial charge in [0, 0.05) is 6.42 Å². The fourth-order valence-corrected chi connectivity index (χ4v) is 3.07. The summed E-state index contributed by atoms with van der Waals surface area (Å²) in [5, 5.41) is 9.08. The average Bonchev–Trinajstić information content (AvgIpc) is 2.61. The van der Waals surface area contributed by atoms with Gasteiger partial charge in [-0.3, -0.25) is 4.79 Å². The molecule has 0 atom stereocenters. The SMILES string of the molecule is O=CCC12CCC(C(=O)O)(CC1)C2. The number of carbonyl (C=O) groups excluding carboxylic acids is 1. The quantitative estimate of drug-likeness (QED) is 0.674. The molecule has 3 heteroatoms. The Bertz CT molecular complexity index is 249. The summed E-state index contributed by atoms with van der Waals surface area (Å²) in [5.74, 6) is -0.655. The second kappa shape index (κ2) is 2.56. The maximum Gasteiger partial charge on any atom is 0.309 e. The highest BCUT2D eigenvalue weighted by atomic mass is 16.4. The first-order valence-electron chi connectivity index (χ1n) is 4.80. The van der Waals surface area contributed by atoms with Crippen LogP contribution in [0.2, 0.25) is 0 Å². The molecule has 0 spiro atoms. The predicted octanol–water partition coefficient (Wildman–Crippen LogP) is 1.61. The van der Waals surface area contributed by atoms with E-state index < -0.39 is 11.4 Å². The van der Waals surface area contributed by atoms with E-state index in [0.29, 0.717) is 6.42 Å². The van der Waals surface area contributed by atoms with Crippen molar-refractivity contribution in [3.63, 3.8) is 0 Å². The Labute approximate surface area is 77.1 Å². The van der Waals surface area contributed by atoms with E-state index in [0.717, 1.165) is 38.4 Å². The van der Waals surface area contributed by atoms with E-state index in [9.17, 15) is 9.59 Å². The molecule has 2 bridgehead atoms. The molecule has 0 aliphatic heterocycles. The van der Waals surface area contributed by atoms with Gasteiger partial charge in [0.05, 0.1) is 5.41 Å². The van der Waals surface area contributed by atoms with Crippen LogP contribution in [0.25, 0.3) is 0 Å². The van der Waals surface area contributed by atoms with Crippen molar-refractivity contribution in [1.29, 1.82) is 0 Å². The standard InChI is InChI=1S/C10H14O3/c11-6-5-9-1-3-10(7-9,4-2-9)8(12)13/h6H,1-5,7H2,(H,12,13). The summed E-state index contributed by atoms with van der Waals surface area (Å²) < 4.78 is 0. The zero-order valence-corrected chi connectivity index (χ0v) is 7.58. The molecule has 0 radical (unpaired) electrons. The molecular weight excluding hydrogens is 168 g/mol. The third-order valence-electron chi connectivity index (χ3n) is 3.95. The summed E-state index contributed by atoms with van der Waals surface area (Å²) in [6, 6.07) is 0. The molecule has 0 heterocycles. The number of rotatable bonds is 3. The molecule has 13 heavy (non-hydrogen) atoms. The van der Waals surface area contributed by atoms with Crippen LogP contribution in [0, 0.1) is 10.8 Å². The van der Waals surface area contributed by atoms with Crippen molar-refractivity contribution in [2.24, 2.45) is 10.8 Å². The van der Waals surface area contributed by atoms with Gasteiger partial charge in [0.2, 0.25) is 0 Å². The van der Waals surface area contributed by atoms with Crippen LogP contribution in [0.4, 0.5) is 0 Å². The number of aldehydes is 1. The molecule has 2 aliphatic carbocycles. The third kappa shape index (κ3) is 1.10. The van der Waals surface area contributed by atoms with Crippen LogP contribution in [-0.2, 0) is 9.59 Å². The van der Waals surface area contributed by atoms with Gasteiger partial charge < -0.3 is 9.90 Å². The fourth-order valence-electron chi connectivity index (χ4n) is 3.07. The Balaban J connectivity index is 2.19. The van der Waals surface area contributed by atoms with Crippen LogP contribution in [0.5, 0.6) is 0 Å². The number of fused-ring (bicyclic) bond motifs is 2. The molecule has 2 saturated carbocycles. The van der Waals surface area contributed by atoms with Crippen molar-refractivity contribution >= 4 is 12.3 Å². The zero-order chi connectivity index (χ0) is 9.53. The topological polar surface area (TPSA) is 54.4 Å². The van der Waals surface area contributed by atoms with E-state index in [1.807, 2.05) is 0 Å². The molecule has 0 unspecified atom stereocenters. The van der Waals surface area contributed by atoms with Crippen LogP contribution in [0.15, 0.2) is 0 Å². The van der Waals surface area contributed by atoms with Gasteiger partial charge in [-0.05, 0) is 37.5 Å². The second-order valence-corrected chi connectivity index (χ2v) is 4.63. The van der Waals surface area contributed by atoms with Crippen molar-refractivity contribution in [3.8, 4) is 0 Å². The number of carbonyl (C=O) groups is 2. The maximum absolute atomic E-state index is 11.0. The monoisotopic (exact) mass is 182 g/mol. The Morgan fingerprint density at radius 1 is 1.31 bits per heavy atom. The molecule has 0 aromatic heterocycles. The summed E-state index contributed by atoms with van der Waals surface area (Å²) >= 11 is 0. The van der Waals surface area contributed by atoms with Crippen molar-refractivity contribution in [1.82, 2.24) is 0 Å². The summed E-state index contributed by atoms with van der Waals surface area (Å²) in [4.78, 5) is 21.5. The Kier molecular flexibility index (Phi) is 1.72. The largest absolute Gasteiger partial charge is 0.481 e. The van der Waals surface area contributed by atoms with Gasteiger partial charge in [-0.2, -0.15) is 0 Å². The Morgan fingerprint density at radius 2 is 1.92 bits per heavy atom. The Morgan fingerprint density at radius 3 is 2.31 bits per heavy atom. The summed E-state index contributed by atoms with van der Waals surface area (Å²) in [6.07, 6.45) is 5.64. The molecule has 0 aromatic carbocycles. The van der Waals surface area contributed by atoms with E-state index in [1.165, 1.54) is 0 Å².